The van der Waals surface area contributed by atoms with Gasteiger partial charge in [-0.3, -0.25) is 14.0 Å². The van der Waals surface area contributed by atoms with Gasteiger partial charge in [-0.2, -0.15) is 0 Å². The number of hydrogen-bond acceptors (Lipinski definition) is 5. The molecule has 0 unspecified atom stereocenters. The van der Waals surface area contributed by atoms with Crippen molar-refractivity contribution in [3.05, 3.63) is 51.9 Å². The number of likely N-dealkylation sites (tertiary alicyclic amines) is 1. The van der Waals surface area contributed by atoms with Gasteiger partial charge in [-0.05, 0) is 57.0 Å². The van der Waals surface area contributed by atoms with Crippen LogP contribution < -0.4 is 15.6 Å². The van der Waals surface area contributed by atoms with Crippen LogP contribution in [0.2, 0.25) is 0 Å². The quantitative estimate of drug-likeness (QED) is 0.480. The van der Waals surface area contributed by atoms with Crippen LogP contribution in [0.3, 0.4) is 0 Å². The van der Waals surface area contributed by atoms with Crippen LogP contribution in [-0.4, -0.2) is 64.0 Å². The van der Waals surface area contributed by atoms with Crippen LogP contribution >= 0.6 is 0 Å². The van der Waals surface area contributed by atoms with Crippen LogP contribution in [0.15, 0.2) is 35.1 Å². The number of hydrogen-bond donors (Lipinski definition) is 1. The third kappa shape index (κ3) is 3.56. The summed E-state index contributed by atoms with van der Waals surface area (Å²) in [5.41, 5.74) is 2.04. The molecule has 2 aliphatic rings. The van der Waals surface area contributed by atoms with E-state index in [4.69, 9.17) is 0 Å². The van der Waals surface area contributed by atoms with Crippen LogP contribution in [-0.2, 0) is 7.05 Å². The molecule has 5 heterocycles. The standard InChI is InChI=1S/C26H29FN6O2/c1-30-19-8-2-3-9-20(19)33-23-17(16-18(27)24(29-23)32-13-6-7-14-32)22(34)21(26(30)33)25(35)28-10-15-31-11-4-5-12-31/h2-3,8-9,16H,4-7,10-15H2,1H3,(H,28,35). The van der Waals surface area contributed by atoms with E-state index >= 15 is 4.39 Å². The highest BCUT2D eigenvalue weighted by atomic mass is 19.1. The fraction of sp³-hybridized carbons (Fsp3) is 0.423. The van der Waals surface area contributed by atoms with Crippen molar-refractivity contribution >= 4 is 39.4 Å². The molecule has 0 radical (unpaired) electrons. The number of fused-ring (bicyclic) bond motifs is 5. The number of halogens is 1. The molecule has 35 heavy (non-hydrogen) atoms. The maximum atomic E-state index is 15.2. The lowest BCUT2D eigenvalue weighted by atomic mass is 10.1. The van der Waals surface area contributed by atoms with Gasteiger partial charge in [0.15, 0.2) is 17.3 Å². The topological polar surface area (TPSA) is 74.9 Å². The van der Waals surface area contributed by atoms with Gasteiger partial charge in [0.25, 0.3) is 5.91 Å². The number of amides is 1. The molecule has 0 atom stereocenters. The Balaban J connectivity index is 1.55. The van der Waals surface area contributed by atoms with Gasteiger partial charge in [-0.15, -0.1) is 0 Å². The normalized spacial score (nSPS) is 16.8. The average molecular weight is 477 g/mol. The Labute approximate surface area is 201 Å². The van der Waals surface area contributed by atoms with Crippen molar-refractivity contribution in [3.8, 4) is 0 Å². The molecule has 3 aromatic heterocycles. The number of nitrogens with one attached hydrogen (secondary N) is 1. The van der Waals surface area contributed by atoms with Gasteiger partial charge < -0.3 is 19.7 Å². The number of benzene rings is 1. The Morgan fingerprint density at radius 1 is 1.06 bits per heavy atom. The number of pyridine rings is 2. The van der Waals surface area contributed by atoms with Gasteiger partial charge in [-0.25, -0.2) is 9.37 Å². The third-order valence-electron chi connectivity index (χ3n) is 7.40. The van der Waals surface area contributed by atoms with E-state index in [9.17, 15) is 9.59 Å². The largest absolute Gasteiger partial charge is 0.354 e. The van der Waals surface area contributed by atoms with Crippen LogP contribution in [0.4, 0.5) is 10.2 Å². The summed E-state index contributed by atoms with van der Waals surface area (Å²) in [6, 6.07) is 8.96. The van der Waals surface area contributed by atoms with E-state index in [1.54, 1.807) is 0 Å². The number of nitrogens with zero attached hydrogens (tertiary/aromatic N) is 5. The zero-order chi connectivity index (χ0) is 24.1. The summed E-state index contributed by atoms with van der Waals surface area (Å²) in [5, 5.41) is 3.05. The van der Waals surface area contributed by atoms with Crippen molar-refractivity contribution in [1.29, 1.82) is 0 Å². The van der Waals surface area contributed by atoms with E-state index in [-0.39, 0.29) is 16.8 Å². The van der Waals surface area contributed by atoms with Crippen LogP contribution in [0.25, 0.3) is 27.7 Å². The van der Waals surface area contributed by atoms with E-state index < -0.39 is 17.2 Å². The van der Waals surface area contributed by atoms with Crippen molar-refractivity contribution in [3.63, 3.8) is 0 Å². The molecule has 0 aliphatic carbocycles. The summed E-state index contributed by atoms with van der Waals surface area (Å²) in [4.78, 5) is 36.0. The molecule has 2 aliphatic heterocycles. The summed E-state index contributed by atoms with van der Waals surface area (Å²) in [7, 11) is 1.84. The Bertz CT molecular complexity index is 1510. The van der Waals surface area contributed by atoms with Crippen molar-refractivity contribution < 1.29 is 9.18 Å². The predicted molar refractivity (Wildman–Crippen MR) is 135 cm³/mol. The lowest BCUT2D eigenvalue weighted by Crippen LogP contribution is -2.36. The van der Waals surface area contributed by atoms with E-state index in [0.717, 1.165) is 56.6 Å². The average Bonchev–Trinajstić information content (AvgIpc) is 3.62. The highest BCUT2D eigenvalue weighted by Gasteiger charge is 2.27. The van der Waals surface area contributed by atoms with E-state index in [1.807, 2.05) is 45.2 Å². The molecule has 2 fully saturated rings. The maximum absolute atomic E-state index is 15.2. The Morgan fingerprint density at radius 3 is 2.49 bits per heavy atom. The molecular weight excluding hydrogens is 447 g/mol. The first kappa shape index (κ1) is 22.0. The first-order valence-electron chi connectivity index (χ1n) is 12.4. The van der Waals surface area contributed by atoms with Gasteiger partial charge in [0.2, 0.25) is 5.43 Å². The molecule has 2 saturated heterocycles. The first-order valence-corrected chi connectivity index (χ1v) is 12.4. The SMILES string of the molecule is Cn1c2ccccc2n2c3nc(N4CCCC4)c(F)cc3c(=O)c(C(=O)NCCN3CCCC3)c12. The fourth-order valence-corrected chi connectivity index (χ4v) is 5.63. The zero-order valence-electron chi connectivity index (χ0n) is 19.9. The lowest BCUT2D eigenvalue weighted by Gasteiger charge is -2.18. The van der Waals surface area contributed by atoms with E-state index in [2.05, 4.69) is 15.2 Å². The summed E-state index contributed by atoms with van der Waals surface area (Å²) in [6.07, 6.45) is 4.32. The molecule has 8 nitrogen and oxygen atoms in total. The van der Waals surface area contributed by atoms with Crippen molar-refractivity contribution in [2.24, 2.45) is 7.05 Å². The minimum atomic E-state index is -0.530. The predicted octanol–water partition coefficient (Wildman–Crippen LogP) is 2.90. The van der Waals surface area contributed by atoms with Crippen molar-refractivity contribution in [2.75, 3.05) is 44.2 Å². The van der Waals surface area contributed by atoms with E-state index in [1.165, 1.54) is 18.9 Å². The molecular formula is C26H29FN6O2. The molecule has 4 aromatic rings. The molecule has 0 bridgehead atoms. The minimum Gasteiger partial charge on any atom is -0.354 e. The first-order chi connectivity index (χ1) is 17.0. The molecule has 1 amide bonds. The van der Waals surface area contributed by atoms with Crippen LogP contribution in [0.5, 0.6) is 0 Å². The molecule has 182 valence electrons. The number of aromatic nitrogens is 3. The third-order valence-corrected chi connectivity index (χ3v) is 7.40. The number of imidazole rings is 1. The highest BCUT2D eigenvalue weighted by molar-refractivity contribution is 6.05. The maximum Gasteiger partial charge on any atom is 0.259 e. The summed E-state index contributed by atoms with van der Waals surface area (Å²) < 4.78 is 18.9. The summed E-state index contributed by atoms with van der Waals surface area (Å²) in [6.45, 7) is 4.74. The molecule has 0 spiro atoms. The molecule has 1 aromatic carbocycles. The Kier molecular flexibility index (Phi) is 5.44. The highest BCUT2D eigenvalue weighted by Crippen LogP contribution is 2.29. The van der Waals surface area contributed by atoms with Gasteiger partial charge in [0.05, 0.1) is 16.4 Å². The fourth-order valence-electron chi connectivity index (χ4n) is 5.63. The van der Waals surface area contributed by atoms with Crippen molar-refractivity contribution in [2.45, 2.75) is 25.7 Å². The molecule has 0 saturated carbocycles. The lowest BCUT2D eigenvalue weighted by molar-refractivity contribution is 0.0950. The van der Waals surface area contributed by atoms with Gasteiger partial charge >= 0.3 is 0 Å². The van der Waals surface area contributed by atoms with Crippen LogP contribution in [0.1, 0.15) is 36.0 Å². The number of para-hydroxylation sites is 2. The van der Waals surface area contributed by atoms with Gasteiger partial charge in [-0.1, -0.05) is 12.1 Å². The number of carbonyl (C=O) groups excluding carboxylic acids is 1. The number of rotatable bonds is 5. The van der Waals surface area contributed by atoms with Crippen LogP contribution in [0, 0.1) is 5.82 Å². The van der Waals surface area contributed by atoms with Gasteiger partial charge in [0, 0.05) is 33.2 Å². The van der Waals surface area contributed by atoms with Gasteiger partial charge in [0.1, 0.15) is 11.2 Å². The number of aryl methyl sites for hydroxylation is 1. The second kappa shape index (κ2) is 8.64. The summed E-state index contributed by atoms with van der Waals surface area (Å²) in [5.74, 6) is -0.709. The second-order valence-electron chi connectivity index (χ2n) is 9.57. The zero-order valence-corrected chi connectivity index (χ0v) is 19.9. The minimum absolute atomic E-state index is 0.0211. The molecule has 6 rings (SSSR count). The molecule has 1 N–H and O–H groups in total. The van der Waals surface area contributed by atoms with E-state index in [0.29, 0.717) is 17.8 Å². The Morgan fingerprint density at radius 2 is 1.74 bits per heavy atom. The monoisotopic (exact) mass is 476 g/mol. The van der Waals surface area contributed by atoms with Crippen molar-refractivity contribution in [1.82, 2.24) is 24.2 Å². The Hall–Kier alpha value is -3.46. The second-order valence-corrected chi connectivity index (χ2v) is 9.57. The number of carbonyl (C=O) groups is 1. The summed E-state index contributed by atoms with van der Waals surface area (Å²) >= 11 is 0. The smallest absolute Gasteiger partial charge is 0.259 e. The molecule has 9 heteroatoms. The number of anilines is 1.